The maximum Gasteiger partial charge on any atom is 0.0705 e. The first kappa shape index (κ1) is 15.3. The molecule has 1 aromatic carbocycles. The van der Waals surface area contributed by atoms with Gasteiger partial charge in [-0.3, -0.25) is 15.0 Å². The molecule has 1 fully saturated rings. The summed E-state index contributed by atoms with van der Waals surface area (Å²) in [6, 6.07) is 12.7. The number of hydrogen-bond donors (Lipinski definition) is 1. The standard InChI is InChI=1S/C20H24N4/c1-2-15-13-21-23-20(15)17-9-11-24(12-10-17)14-18-8-7-16-5-3-4-6-19(16)22-18/h3-8,13,17H,2,9-12,14H2,1H3,(H,21,23). The molecule has 1 saturated heterocycles. The highest BCUT2D eigenvalue weighted by Crippen LogP contribution is 2.29. The lowest BCUT2D eigenvalue weighted by Gasteiger charge is -2.31. The monoisotopic (exact) mass is 320 g/mol. The summed E-state index contributed by atoms with van der Waals surface area (Å²) in [6.07, 6.45) is 5.44. The van der Waals surface area contributed by atoms with Crippen LogP contribution in [0.15, 0.2) is 42.6 Å². The van der Waals surface area contributed by atoms with Gasteiger partial charge in [0.15, 0.2) is 0 Å². The molecule has 0 unspecified atom stereocenters. The van der Waals surface area contributed by atoms with Crippen LogP contribution in [0.1, 0.15) is 42.6 Å². The molecule has 4 rings (SSSR count). The molecule has 24 heavy (non-hydrogen) atoms. The Morgan fingerprint density at radius 3 is 2.79 bits per heavy atom. The molecule has 0 bridgehead atoms. The lowest BCUT2D eigenvalue weighted by Crippen LogP contribution is -2.33. The van der Waals surface area contributed by atoms with Crippen LogP contribution in [0.5, 0.6) is 0 Å². The van der Waals surface area contributed by atoms with Crippen molar-refractivity contribution in [1.29, 1.82) is 0 Å². The molecule has 3 aromatic rings. The van der Waals surface area contributed by atoms with Crippen LogP contribution < -0.4 is 0 Å². The second kappa shape index (κ2) is 6.73. The third-order valence-electron chi connectivity index (χ3n) is 5.17. The fourth-order valence-corrected chi connectivity index (χ4v) is 3.76. The van der Waals surface area contributed by atoms with E-state index in [1.807, 2.05) is 6.20 Å². The molecule has 1 aliphatic heterocycles. The van der Waals surface area contributed by atoms with Crippen molar-refractivity contribution in [1.82, 2.24) is 20.1 Å². The average Bonchev–Trinajstić information content (AvgIpc) is 3.11. The summed E-state index contributed by atoms with van der Waals surface area (Å²) in [5.41, 5.74) is 5.00. The van der Waals surface area contributed by atoms with Crippen molar-refractivity contribution in [3.63, 3.8) is 0 Å². The fraction of sp³-hybridized carbons (Fsp3) is 0.400. The number of pyridine rings is 1. The first-order chi connectivity index (χ1) is 11.8. The molecule has 1 N–H and O–H groups in total. The van der Waals surface area contributed by atoms with Crippen molar-refractivity contribution in [3.8, 4) is 0 Å². The zero-order valence-electron chi connectivity index (χ0n) is 14.2. The van der Waals surface area contributed by atoms with Crippen LogP contribution in [-0.4, -0.2) is 33.2 Å². The quantitative estimate of drug-likeness (QED) is 0.793. The number of aromatic nitrogens is 3. The van der Waals surface area contributed by atoms with Gasteiger partial charge in [0.25, 0.3) is 0 Å². The predicted molar refractivity (Wildman–Crippen MR) is 97.0 cm³/mol. The third-order valence-corrected chi connectivity index (χ3v) is 5.17. The summed E-state index contributed by atoms with van der Waals surface area (Å²) in [6.45, 7) is 5.40. The van der Waals surface area contributed by atoms with Gasteiger partial charge in [0.05, 0.1) is 17.4 Å². The Morgan fingerprint density at radius 2 is 1.96 bits per heavy atom. The Hall–Kier alpha value is -2.20. The van der Waals surface area contributed by atoms with E-state index in [1.54, 1.807) is 0 Å². The van der Waals surface area contributed by atoms with Crippen LogP contribution in [-0.2, 0) is 13.0 Å². The molecule has 1 aliphatic rings. The van der Waals surface area contributed by atoms with E-state index in [0.717, 1.165) is 31.6 Å². The Kier molecular flexibility index (Phi) is 4.30. The molecule has 0 spiro atoms. The van der Waals surface area contributed by atoms with Crippen molar-refractivity contribution < 1.29 is 0 Å². The zero-order chi connectivity index (χ0) is 16.4. The number of nitrogens with one attached hydrogen (secondary N) is 1. The van der Waals surface area contributed by atoms with E-state index in [4.69, 9.17) is 4.98 Å². The second-order valence-electron chi connectivity index (χ2n) is 6.71. The Morgan fingerprint density at radius 1 is 1.12 bits per heavy atom. The maximum absolute atomic E-state index is 4.81. The summed E-state index contributed by atoms with van der Waals surface area (Å²) in [7, 11) is 0. The number of nitrogens with zero attached hydrogens (tertiary/aromatic N) is 3. The first-order valence-electron chi connectivity index (χ1n) is 8.92. The van der Waals surface area contributed by atoms with Crippen molar-refractivity contribution in [3.05, 3.63) is 59.5 Å². The van der Waals surface area contributed by atoms with Crippen LogP contribution >= 0.6 is 0 Å². The molecule has 0 aliphatic carbocycles. The Balaban J connectivity index is 1.40. The molecule has 3 heterocycles. The van der Waals surface area contributed by atoms with E-state index >= 15 is 0 Å². The Bertz CT molecular complexity index is 815. The van der Waals surface area contributed by atoms with E-state index < -0.39 is 0 Å². The molecule has 4 heteroatoms. The average molecular weight is 320 g/mol. The van der Waals surface area contributed by atoms with Crippen molar-refractivity contribution >= 4 is 10.9 Å². The number of likely N-dealkylation sites (tertiary alicyclic amines) is 1. The van der Waals surface area contributed by atoms with E-state index in [-0.39, 0.29) is 0 Å². The fourth-order valence-electron chi connectivity index (χ4n) is 3.76. The molecule has 0 radical (unpaired) electrons. The van der Waals surface area contributed by atoms with E-state index in [1.165, 1.54) is 35.2 Å². The highest BCUT2D eigenvalue weighted by molar-refractivity contribution is 5.78. The largest absolute Gasteiger partial charge is 0.297 e. The lowest BCUT2D eigenvalue weighted by atomic mass is 9.91. The highest BCUT2D eigenvalue weighted by Gasteiger charge is 2.23. The summed E-state index contributed by atoms with van der Waals surface area (Å²) in [5, 5.41) is 8.68. The molecular formula is C20H24N4. The van der Waals surface area contributed by atoms with Gasteiger partial charge < -0.3 is 0 Å². The molecule has 4 nitrogen and oxygen atoms in total. The number of rotatable bonds is 4. The minimum Gasteiger partial charge on any atom is -0.297 e. The number of aromatic amines is 1. The van der Waals surface area contributed by atoms with Gasteiger partial charge in [-0.05, 0) is 50.0 Å². The van der Waals surface area contributed by atoms with Gasteiger partial charge in [-0.1, -0.05) is 31.2 Å². The number of para-hydroxylation sites is 1. The van der Waals surface area contributed by atoms with Gasteiger partial charge in [-0.15, -0.1) is 0 Å². The molecular weight excluding hydrogens is 296 g/mol. The van der Waals surface area contributed by atoms with Crippen LogP contribution in [0.3, 0.4) is 0 Å². The second-order valence-corrected chi connectivity index (χ2v) is 6.71. The van der Waals surface area contributed by atoms with Crippen molar-refractivity contribution in [2.75, 3.05) is 13.1 Å². The summed E-state index contributed by atoms with van der Waals surface area (Å²) < 4.78 is 0. The Labute approximate surface area is 142 Å². The predicted octanol–water partition coefficient (Wildman–Crippen LogP) is 3.90. The van der Waals surface area contributed by atoms with E-state index in [9.17, 15) is 0 Å². The number of piperidine rings is 1. The molecule has 0 atom stereocenters. The number of benzene rings is 1. The van der Waals surface area contributed by atoms with Crippen molar-refractivity contribution in [2.45, 2.75) is 38.6 Å². The SMILES string of the molecule is CCc1cn[nH]c1C1CCN(Cc2ccc3ccccc3n2)CC1. The maximum atomic E-state index is 4.81. The first-order valence-corrected chi connectivity index (χ1v) is 8.92. The van der Waals surface area contributed by atoms with E-state index in [2.05, 4.69) is 58.4 Å². The highest BCUT2D eigenvalue weighted by atomic mass is 15.1. The van der Waals surface area contributed by atoms with Gasteiger partial charge in [-0.25, -0.2) is 0 Å². The summed E-state index contributed by atoms with van der Waals surface area (Å²) in [4.78, 5) is 7.33. The molecule has 124 valence electrons. The van der Waals surface area contributed by atoms with Crippen LogP contribution in [0.4, 0.5) is 0 Å². The number of hydrogen-bond acceptors (Lipinski definition) is 3. The molecule has 2 aromatic heterocycles. The smallest absolute Gasteiger partial charge is 0.0705 e. The van der Waals surface area contributed by atoms with Crippen molar-refractivity contribution in [2.24, 2.45) is 0 Å². The third kappa shape index (κ3) is 3.06. The van der Waals surface area contributed by atoms with Crippen LogP contribution in [0.2, 0.25) is 0 Å². The number of aryl methyl sites for hydroxylation is 1. The van der Waals surface area contributed by atoms with Crippen LogP contribution in [0, 0.1) is 0 Å². The number of H-pyrrole nitrogens is 1. The zero-order valence-corrected chi connectivity index (χ0v) is 14.2. The normalized spacial score (nSPS) is 16.7. The summed E-state index contributed by atoms with van der Waals surface area (Å²) >= 11 is 0. The topological polar surface area (TPSA) is 44.8 Å². The van der Waals surface area contributed by atoms with Gasteiger partial charge in [0, 0.05) is 23.5 Å². The minimum atomic E-state index is 0.628. The van der Waals surface area contributed by atoms with Crippen LogP contribution in [0.25, 0.3) is 10.9 Å². The van der Waals surface area contributed by atoms with Gasteiger partial charge in [0.2, 0.25) is 0 Å². The van der Waals surface area contributed by atoms with Gasteiger partial charge in [-0.2, -0.15) is 5.10 Å². The molecule has 0 saturated carbocycles. The van der Waals surface area contributed by atoms with E-state index in [0.29, 0.717) is 5.92 Å². The number of fused-ring (bicyclic) bond motifs is 1. The van der Waals surface area contributed by atoms with Gasteiger partial charge >= 0.3 is 0 Å². The van der Waals surface area contributed by atoms with Gasteiger partial charge in [0.1, 0.15) is 0 Å². The molecule has 0 amide bonds. The summed E-state index contributed by atoms with van der Waals surface area (Å²) in [5.74, 6) is 0.628. The lowest BCUT2D eigenvalue weighted by molar-refractivity contribution is 0.201. The minimum absolute atomic E-state index is 0.628.